The Labute approximate surface area is 131 Å². The number of Topliss-reactive ketones (excluding diaryl/α,β-unsaturated/α-hetero) is 1. The van der Waals surface area contributed by atoms with E-state index in [9.17, 15) is 4.79 Å². The van der Waals surface area contributed by atoms with E-state index in [-0.39, 0.29) is 11.2 Å². The summed E-state index contributed by atoms with van der Waals surface area (Å²) in [6.07, 6.45) is 1.42. The molecular formula is C20H19NO. The van der Waals surface area contributed by atoms with Gasteiger partial charge in [-0.25, -0.2) is 4.98 Å². The van der Waals surface area contributed by atoms with Gasteiger partial charge in [-0.05, 0) is 54.5 Å². The van der Waals surface area contributed by atoms with Gasteiger partial charge in [0.2, 0.25) is 0 Å². The molecule has 2 heteroatoms. The van der Waals surface area contributed by atoms with Crippen LogP contribution in [-0.2, 0) is 6.42 Å². The van der Waals surface area contributed by atoms with Gasteiger partial charge in [0.15, 0.2) is 5.78 Å². The van der Waals surface area contributed by atoms with E-state index in [0.29, 0.717) is 6.42 Å². The Morgan fingerprint density at radius 2 is 1.91 bits per heavy atom. The Hall–Kier alpha value is -2.40. The molecule has 0 bridgehead atoms. The van der Waals surface area contributed by atoms with Crippen LogP contribution in [-0.4, -0.2) is 10.8 Å². The van der Waals surface area contributed by atoms with Crippen molar-refractivity contribution in [3.05, 3.63) is 64.5 Å². The zero-order valence-electron chi connectivity index (χ0n) is 13.2. The predicted octanol–water partition coefficient (Wildman–Crippen LogP) is 3.94. The first kappa shape index (κ1) is 14.5. The van der Waals surface area contributed by atoms with Crippen LogP contribution >= 0.6 is 0 Å². The van der Waals surface area contributed by atoms with Crippen molar-refractivity contribution in [2.75, 3.05) is 0 Å². The molecule has 0 fully saturated rings. The smallest absolute Gasteiger partial charge is 0.165 e. The van der Waals surface area contributed by atoms with Crippen LogP contribution < -0.4 is 0 Å². The van der Waals surface area contributed by atoms with Crippen LogP contribution in [0.4, 0.5) is 0 Å². The minimum Gasteiger partial charge on any atom is -0.294 e. The lowest BCUT2D eigenvalue weighted by Crippen LogP contribution is -2.28. The molecule has 1 heterocycles. The summed E-state index contributed by atoms with van der Waals surface area (Å²) in [6, 6.07) is 11.8. The van der Waals surface area contributed by atoms with Crippen molar-refractivity contribution in [2.24, 2.45) is 5.41 Å². The second-order valence-corrected chi connectivity index (χ2v) is 6.75. The van der Waals surface area contributed by atoms with Crippen LogP contribution in [0.5, 0.6) is 0 Å². The molecule has 2 nitrogen and oxygen atoms in total. The second-order valence-electron chi connectivity index (χ2n) is 6.75. The fraction of sp³-hybridized carbons (Fsp3) is 0.300. The summed E-state index contributed by atoms with van der Waals surface area (Å²) in [7, 11) is 0. The Bertz CT molecular complexity index is 806. The van der Waals surface area contributed by atoms with E-state index in [1.165, 1.54) is 5.56 Å². The summed E-state index contributed by atoms with van der Waals surface area (Å²) in [5.41, 5.74) is 4.54. The summed E-state index contributed by atoms with van der Waals surface area (Å²) in [6.45, 7) is 6.28. The molecule has 1 aliphatic carbocycles. The van der Waals surface area contributed by atoms with Crippen molar-refractivity contribution in [2.45, 2.75) is 33.6 Å². The maximum Gasteiger partial charge on any atom is 0.165 e. The first-order valence-corrected chi connectivity index (χ1v) is 7.55. The molecule has 110 valence electrons. The molecule has 1 aromatic carbocycles. The van der Waals surface area contributed by atoms with E-state index >= 15 is 0 Å². The molecule has 0 radical (unpaired) electrons. The third kappa shape index (κ3) is 3.09. The van der Waals surface area contributed by atoms with Gasteiger partial charge in [-0.1, -0.05) is 31.9 Å². The first-order valence-electron chi connectivity index (χ1n) is 7.55. The normalized spacial score (nSPS) is 15.7. The average Bonchev–Trinajstić information content (AvgIpc) is 2.43. The van der Waals surface area contributed by atoms with Gasteiger partial charge in [-0.2, -0.15) is 0 Å². The molecule has 1 aromatic heterocycles. The van der Waals surface area contributed by atoms with Crippen molar-refractivity contribution in [3.8, 4) is 11.8 Å². The van der Waals surface area contributed by atoms with Gasteiger partial charge in [0, 0.05) is 17.5 Å². The maximum atomic E-state index is 12.2. The number of fused-ring (bicyclic) bond motifs is 1. The highest BCUT2D eigenvalue weighted by Gasteiger charge is 2.31. The lowest BCUT2D eigenvalue weighted by atomic mass is 9.75. The van der Waals surface area contributed by atoms with E-state index in [1.807, 2.05) is 24.3 Å². The molecule has 0 unspecified atom stereocenters. The van der Waals surface area contributed by atoms with Crippen molar-refractivity contribution in [3.63, 3.8) is 0 Å². The Morgan fingerprint density at radius 1 is 1.09 bits per heavy atom. The summed E-state index contributed by atoms with van der Waals surface area (Å²) in [4.78, 5) is 16.8. The summed E-state index contributed by atoms with van der Waals surface area (Å²) < 4.78 is 0. The molecule has 0 atom stereocenters. The highest BCUT2D eigenvalue weighted by Crippen LogP contribution is 2.33. The van der Waals surface area contributed by atoms with Gasteiger partial charge in [-0.3, -0.25) is 4.79 Å². The number of carbonyl (C=O) groups excluding carboxylic acids is 1. The van der Waals surface area contributed by atoms with Crippen LogP contribution in [0.25, 0.3) is 0 Å². The number of ketones is 1. The number of pyridine rings is 1. The molecule has 22 heavy (non-hydrogen) atoms. The Morgan fingerprint density at radius 3 is 2.68 bits per heavy atom. The lowest BCUT2D eigenvalue weighted by Gasteiger charge is -2.29. The van der Waals surface area contributed by atoms with Crippen LogP contribution in [0.1, 0.15) is 53.1 Å². The topological polar surface area (TPSA) is 30.0 Å². The van der Waals surface area contributed by atoms with Crippen molar-refractivity contribution >= 4 is 5.78 Å². The van der Waals surface area contributed by atoms with Gasteiger partial charge < -0.3 is 0 Å². The molecule has 0 saturated carbocycles. The number of hydrogen-bond acceptors (Lipinski definition) is 2. The number of nitrogens with zero attached hydrogens (tertiary/aromatic N) is 1. The number of benzene rings is 1. The van der Waals surface area contributed by atoms with Gasteiger partial charge in [0.25, 0.3) is 0 Å². The Kier molecular flexibility index (Phi) is 3.58. The number of hydrogen-bond donors (Lipinski definition) is 0. The van der Waals surface area contributed by atoms with E-state index in [2.05, 4.69) is 49.7 Å². The highest BCUT2D eigenvalue weighted by atomic mass is 16.1. The van der Waals surface area contributed by atoms with Crippen molar-refractivity contribution in [1.82, 2.24) is 4.98 Å². The summed E-state index contributed by atoms with van der Waals surface area (Å²) in [5.74, 6) is 6.44. The molecule has 2 aromatic rings. The van der Waals surface area contributed by atoms with Crippen molar-refractivity contribution in [1.29, 1.82) is 0 Å². The standard InChI is InChI=1S/C20H19NO/c1-14-5-4-6-15(11-14)7-8-16-9-10-17-18(21-16)12-20(2,3)13-19(17)22/h4-6,9-11H,12-13H2,1-3H3. The molecule has 0 spiro atoms. The van der Waals surface area contributed by atoms with Gasteiger partial charge in [-0.15, -0.1) is 0 Å². The van der Waals surface area contributed by atoms with E-state index < -0.39 is 0 Å². The molecule has 3 rings (SSSR count). The molecule has 0 amide bonds. The first-order chi connectivity index (χ1) is 10.4. The fourth-order valence-electron chi connectivity index (χ4n) is 2.86. The van der Waals surface area contributed by atoms with E-state index in [4.69, 9.17) is 0 Å². The molecule has 0 N–H and O–H groups in total. The van der Waals surface area contributed by atoms with Gasteiger partial charge in [0.05, 0.1) is 5.69 Å². The van der Waals surface area contributed by atoms with Crippen LogP contribution in [0.2, 0.25) is 0 Å². The van der Waals surface area contributed by atoms with Crippen LogP contribution in [0.15, 0.2) is 36.4 Å². The minimum absolute atomic E-state index is 0.0142. The SMILES string of the molecule is Cc1cccc(C#Cc2ccc3c(n2)CC(C)(C)CC3=O)c1. The second kappa shape index (κ2) is 5.42. The molecule has 0 saturated heterocycles. The maximum absolute atomic E-state index is 12.2. The largest absolute Gasteiger partial charge is 0.294 e. The Balaban J connectivity index is 1.93. The van der Waals surface area contributed by atoms with E-state index in [1.54, 1.807) is 0 Å². The zero-order chi connectivity index (χ0) is 15.7. The number of aromatic nitrogens is 1. The number of carbonyl (C=O) groups is 1. The number of aryl methyl sites for hydroxylation is 1. The quantitative estimate of drug-likeness (QED) is 0.687. The molecular weight excluding hydrogens is 270 g/mol. The minimum atomic E-state index is -0.0142. The molecule has 0 aliphatic heterocycles. The third-order valence-electron chi connectivity index (χ3n) is 3.91. The van der Waals surface area contributed by atoms with Gasteiger partial charge in [0.1, 0.15) is 5.69 Å². The van der Waals surface area contributed by atoms with E-state index in [0.717, 1.165) is 28.9 Å². The summed E-state index contributed by atoms with van der Waals surface area (Å²) in [5, 5.41) is 0. The van der Waals surface area contributed by atoms with Crippen LogP contribution in [0, 0.1) is 24.2 Å². The van der Waals surface area contributed by atoms with Gasteiger partial charge >= 0.3 is 0 Å². The lowest BCUT2D eigenvalue weighted by molar-refractivity contribution is 0.0910. The monoisotopic (exact) mass is 289 g/mol. The molecule has 1 aliphatic rings. The summed E-state index contributed by atoms with van der Waals surface area (Å²) >= 11 is 0. The zero-order valence-corrected chi connectivity index (χ0v) is 13.2. The average molecular weight is 289 g/mol. The number of rotatable bonds is 0. The highest BCUT2D eigenvalue weighted by molar-refractivity contribution is 5.98. The third-order valence-corrected chi connectivity index (χ3v) is 3.91. The predicted molar refractivity (Wildman–Crippen MR) is 87.8 cm³/mol. The van der Waals surface area contributed by atoms with Crippen LogP contribution in [0.3, 0.4) is 0 Å². The fourth-order valence-corrected chi connectivity index (χ4v) is 2.86. The van der Waals surface area contributed by atoms with Crippen molar-refractivity contribution < 1.29 is 4.79 Å².